The van der Waals surface area contributed by atoms with Crippen LogP contribution in [0.15, 0.2) is 0 Å². The van der Waals surface area contributed by atoms with Gasteiger partial charge in [-0.15, -0.1) is 0 Å². The van der Waals surface area contributed by atoms with E-state index in [-0.39, 0.29) is 0 Å². The fraction of sp³-hybridized carbons (Fsp3) is 0.700. The Morgan fingerprint density at radius 2 is 2.00 bits per heavy atom. The van der Waals surface area contributed by atoms with Crippen LogP contribution in [0.2, 0.25) is 0 Å². The summed E-state index contributed by atoms with van der Waals surface area (Å²) in [7, 11) is 1.07. The highest BCUT2D eigenvalue weighted by molar-refractivity contribution is 5.78. The van der Waals surface area contributed by atoms with E-state index < -0.39 is 43.4 Å². The van der Waals surface area contributed by atoms with Crippen LogP contribution in [0.1, 0.15) is 32.1 Å². The molecule has 0 radical (unpaired) electrons. The highest BCUT2D eigenvalue weighted by atomic mass is 16.6. The van der Waals surface area contributed by atoms with Crippen LogP contribution in [0.25, 0.3) is 0 Å². The summed E-state index contributed by atoms with van der Waals surface area (Å²) in [5, 5.41) is 0. The predicted molar refractivity (Wildman–Crippen MR) is 53.4 cm³/mol. The zero-order chi connectivity index (χ0) is 16.1. The van der Waals surface area contributed by atoms with Crippen molar-refractivity contribution in [3.63, 3.8) is 0 Å². The molecule has 0 saturated heterocycles. The molecule has 0 spiro atoms. The summed E-state index contributed by atoms with van der Waals surface area (Å²) in [6.45, 7) is -0.547. The molecule has 0 rings (SSSR count). The van der Waals surface area contributed by atoms with Gasteiger partial charge in [0.1, 0.15) is 0 Å². The molecule has 0 aromatic heterocycles. The van der Waals surface area contributed by atoms with E-state index in [0.717, 1.165) is 14.0 Å². The van der Waals surface area contributed by atoms with Crippen molar-refractivity contribution in [2.24, 2.45) is 0 Å². The van der Waals surface area contributed by atoms with Crippen LogP contribution in [0.5, 0.6) is 0 Å². The maximum Gasteiger partial charge on any atom is 0.346 e. The topological polar surface area (TPSA) is 78.9 Å². The van der Waals surface area contributed by atoms with Gasteiger partial charge in [-0.05, 0) is 13.3 Å². The molecular weight excluding hydrogens is 216 g/mol. The molecule has 92 valence electrons. The van der Waals surface area contributed by atoms with Gasteiger partial charge in [0, 0.05) is 16.0 Å². The van der Waals surface area contributed by atoms with Crippen LogP contribution in [-0.2, 0) is 28.6 Å². The number of hydrogen-bond acceptors (Lipinski definition) is 6. The summed E-state index contributed by atoms with van der Waals surface area (Å²) in [6.07, 6.45) is -5.17. The standard InChI is InChI=1S/C10H16O6/c1-7(10(13)14-3)16-9(12)5-4-6-15-8(2)11/h7H,4-6H2,1-3H3/t7-/m0/s1/i5D2,6D2. The first-order valence-electron chi connectivity index (χ1n) is 6.40. The molecule has 0 bridgehead atoms. The van der Waals surface area contributed by atoms with Crippen molar-refractivity contribution in [3.05, 3.63) is 0 Å². The number of hydrogen-bond donors (Lipinski definition) is 0. The van der Waals surface area contributed by atoms with E-state index >= 15 is 0 Å². The first-order valence-corrected chi connectivity index (χ1v) is 4.40. The van der Waals surface area contributed by atoms with Gasteiger partial charge in [0.2, 0.25) is 0 Å². The summed E-state index contributed by atoms with van der Waals surface area (Å²) < 4.78 is 42.5. The molecule has 0 aromatic rings. The van der Waals surface area contributed by atoms with Gasteiger partial charge in [-0.1, -0.05) is 0 Å². The third-order valence-electron chi connectivity index (χ3n) is 1.34. The molecule has 1 atom stereocenters. The average Bonchev–Trinajstić information content (AvgIpc) is 2.23. The normalized spacial score (nSPS) is 16.9. The van der Waals surface area contributed by atoms with Gasteiger partial charge in [0.05, 0.1) is 16.4 Å². The molecule has 6 heteroatoms. The van der Waals surface area contributed by atoms with Crippen LogP contribution in [0.4, 0.5) is 0 Å². The molecule has 0 N–H and O–H groups in total. The number of esters is 3. The van der Waals surface area contributed by atoms with Gasteiger partial charge in [0.25, 0.3) is 0 Å². The van der Waals surface area contributed by atoms with E-state index in [1.54, 1.807) is 0 Å². The van der Waals surface area contributed by atoms with Crippen molar-refractivity contribution in [3.8, 4) is 0 Å². The molecule has 0 heterocycles. The molecule has 0 unspecified atom stereocenters. The van der Waals surface area contributed by atoms with Gasteiger partial charge in [-0.3, -0.25) is 9.59 Å². The summed E-state index contributed by atoms with van der Waals surface area (Å²) in [6, 6.07) is 0. The zero-order valence-corrected chi connectivity index (χ0v) is 9.23. The molecule has 0 aromatic carbocycles. The second-order valence-electron chi connectivity index (χ2n) is 2.66. The number of carbonyl (C=O) groups excluding carboxylic acids is 3. The monoisotopic (exact) mass is 236 g/mol. The summed E-state index contributed by atoms with van der Waals surface area (Å²) in [4.78, 5) is 33.2. The van der Waals surface area contributed by atoms with Crippen LogP contribution in [0.3, 0.4) is 0 Å². The van der Waals surface area contributed by atoms with Crippen molar-refractivity contribution in [2.45, 2.75) is 32.7 Å². The van der Waals surface area contributed by atoms with Crippen molar-refractivity contribution < 1.29 is 34.1 Å². The van der Waals surface area contributed by atoms with Gasteiger partial charge >= 0.3 is 17.9 Å². The number of rotatable bonds is 6. The Hall–Kier alpha value is -1.59. The van der Waals surface area contributed by atoms with E-state index in [9.17, 15) is 14.4 Å². The Balaban J connectivity index is 4.75. The van der Waals surface area contributed by atoms with E-state index in [4.69, 9.17) is 5.48 Å². The molecule has 16 heavy (non-hydrogen) atoms. The summed E-state index contributed by atoms with van der Waals surface area (Å²) >= 11 is 0. The number of carbonyl (C=O) groups is 3. The highest BCUT2D eigenvalue weighted by Crippen LogP contribution is 2.00. The molecule has 0 aliphatic heterocycles. The maximum absolute atomic E-state index is 11.5. The fourth-order valence-corrected chi connectivity index (χ4v) is 0.662. The lowest BCUT2D eigenvalue weighted by Crippen LogP contribution is -2.25. The van der Waals surface area contributed by atoms with Gasteiger partial charge < -0.3 is 14.2 Å². The van der Waals surface area contributed by atoms with E-state index in [2.05, 4.69) is 14.2 Å². The largest absolute Gasteiger partial charge is 0.466 e. The SMILES string of the molecule is [2H]C([2H])(CC([2H])([2H])C(=O)O[C@@H](C)C(=O)OC)OC(C)=O. The minimum atomic E-state index is -2.78. The first kappa shape index (κ1) is 8.55. The quantitative estimate of drug-likeness (QED) is 0.491. The molecular formula is C10H16O6. The smallest absolute Gasteiger partial charge is 0.346 e. The molecule has 0 saturated carbocycles. The third-order valence-corrected chi connectivity index (χ3v) is 1.34. The zero-order valence-electron chi connectivity index (χ0n) is 13.2. The Morgan fingerprint density at radius 3 is 2.50 bits per heavy atom. The minimum Gasteiger partial charge on any atom is -0.466 e. The van der Waals surface area contributed by atoms with Gasteiger partial charge in [-0.25, -0.2) is 4.79 Å². The lowest BCUT2D eigenvalue weighted by atomic mass is 10.3. The van der Waals surface area contributed by atoms with Crippen LogP contribution in [0, 0.1) is 0 Å². The Bertz CT molecular complexity index is 395. The van der Waals surface area contributed by atoms with Crippen LogP contribution in [-0.4, -0.2) is 37.7 Å². The Morgan fingerprint density at radius 1 is 1.38 bits per heavy atom. The molecule has 0 amide bonds. The molecule has 0 aliphatic carbocycles. The third kappa shape index (κ3) is 6.80. The number of methoxy groups -OCH3 is 1. The number of ether oxygens (including phenoxy) is 3. The predicted octanol–water partition coefficient (Wildman–Crippen LogP) is 0.434. The maximum atomic E-state index is 11.5. The molecule has 0 fully saturated rings. The molecule has 0 aliphatic rings. The van der Waals surface area contributed by atoms with Crippen molar-refractivity contribution in [1.82, 2.24) is 0 Å². The average molecular weight is 236 g/mol. The lowest BCUT2D eigenvalue weighted by molar-refractivity contribution is -0.165. The van der Waals surface area contributed by atoms with Crippen LogP contribution < -0.4 is 0 Å². The van der Waals surface area contributed by atoms with Crippen LogP contribution >= 0.6 is 0 Å². The highest BCUT2D eigenvalue weighted by Gasteiger charge is 2.17. The van der Waals surface area contributed by atoms with Crippen molar-refractivity contribution >= 4 is 17.9 Å². The lowest BCUT2D eigenvalue weighted by Gasteiger charge is -2.10. The summed E-state index contributed by atoms with van der Waals surface area (Å²) in [5.41, 5.74) is 0. The van der Waals surface area contributed by atoms with E-state index in [1.165, 1.54) is 6.92 Å². The summed E-state index contributed by atoms with van der Waals surface area (Å²) in [5.74, 6) is -3.29. The fourth-order valence-electron chi connectivity index (χ4n) is 0.662. The Labute approximate surface area is 99.5 Å². The first-order chi connectivity index (χ1) is 8.91. The van der Waals surface area contributed by atoms with E-state index in [1.807, 2.05) is 0 Å². The van der Waals surface area contributed by atoms with Gasteiger partial charge in [0.15, 0.2) is 6.10 Å². The molecule has 6 nitrogen and oxygen atoms in total. The van der Waals surface area contributed by atoms with Gasteiger partial charge in [-0.2, -0.15) is 0 Å². The second-order valence-corrected chi connectivity index (χ2v) is 2.66. The minimum absolute atomic E-state index is 0.878. The second kappa shape index (κ2) is 7.67. The van der Waals surface area contributed by atoms with Crippen molar-refractivity contribution in [2.75, 3.05) is 13.7 Å². The van der Waals surface area contributed by atoms with E-state index in [0.29, 0.717) is 0 Å². The van der Waals surface area contributed by atoms with Crippen molar-refractivity contribution in [1.29, 1.82) is 0 Å². The Kier molecular flexibility index (Phi) is 4.10.